The first-order chi connectivity index (χ1) is 9.01. The van der Waals surface area contributed by atoms with Crippen molar-refractivity contribution < 1.29 is 36.4 Å². The van der Waals surface area contributed by atoms with Gasteiger partial charge in [0.2, 0.25) is 0 Å². The molecule has 0 saturated heterocycles. The molecule has 20 heavy (non-hydrogen) atoms. The molecular formula is C10H17O8PS. The maximum Gasteiger partial charge on any atom is 0.524 e. The van der Waals surface area contributed by atoms with E-state index in [0.717, 1.165) is 24.8 Å². The molecule has 0 spiro atoms. The van der Waals surface area contributed by atoms with Crippen LogP contribution in [0, 0.1) is 0 Å². The van der Waals surface area contributed by atoms with Crippen molar-refractivity contribution in [2.24, 2.45) is 0 Å². The zero-order chi connectivity index (χ0) is 15.8. The van der Waals surface area contributed by atoms with Crippen LogP contribution >= 0.6 is 7.82 Å². The largest absolute Gasteiger partial charge is 0.524 e. The van der Waals surface area contributed by atoms with Gasteiger partial charge in [-0.1, -0.05) is 25.5 Å². The van der Waals surface area contributed by atoms with Crippen LogP contribution < -0.4 is 4.52 Å². The molecule has 0 unspecified atom stereocenters. The van der Waals surface area contributed by atoms with Crippen LogP contribution in [0.15, 0.2) is 24.3 Å². The van der Waals surface area contributed by atoms with Gasteiger partial charge >= 0.3 is 18.2 Å². The molecule has 0 atom stereocenters. The number of rotatable bonds is 5. The molecule has 1 rings (SSSR count). The van der Waals surface area contributed by atoms with Crippen molar-refractivity contribution in [3.05, 3.63) is 29.8 Å². The molecule has 0 radical (unpaired) electrons. The fourth-order valence-electron chi connectivity index (χ4n) is 1.28. The molecule has 10 heteroatoms. The van der Waals surface area contributed by atoms with Crippen molar-refractivity contribution in [3.8, 4) is 5.75 Å². The Labute approximate surface area is 117 Å². The van der Waals surface area contributed by atoms with Gasteiger partial charge in [0.1, 0.15) is 5.75 Å². The van der Waals surface area contributed by atoms with Gasteiger partial charge in [-0.3, -0.25) is 18.9 Å². The minimum atomic E-state index is -4.67. The quantitative estimate of drug-likeness (QED) is 0.474. The first-order valence-corrected chi connectivity index (χ1v) is 8.48. The number of phosphoric ester groups is 1. The van der Waals surface area contributed by atoms with Gasteiger partial charge in [-0.05, 0) is 30.5 Å². The third-order valence-corrected chi connectivity index (χ3v) is 2.39. The van der Waals surface area contributed by atoms with Crippen molar-refractivity contribution in [3.63, 3.8) is 0 Å². The Bertz CT molecular complexity index is 542. The maximum atomic E-state index is 10.6. The number of hydrogen-bond acceptors (Lipinski definition) is 4. The highest BCUT2D eigenvalue weighted by molar-refractivity contribution is 7.79. The minimum Gasteiger partial charge on any atom is -0.404 e. The Kier molecular flexibility index (Phi) is 7.95. The highest BCUT2D eigenvalue weighted by atomic mass is 32.3. The predicted molar refractivity (Wildman–Crippen MR) is 71.9 cm³/mol. The zero-order valence-corrected chi connectivity index (χ0v) is 12.4. The molecule has 0 saturated carbocycles. The molecule has 116 valence electrons. The van der Waals surface area contributed by atoms with Gasteiger partial charge in [0.15, 0.2) is 0 Å². The van der Waals surface area contributed by atoms with Crippen LogP contribution in [-0.4, -0.2) is 27.3 Å². The number of benzene rings is 1. The summed E-state index contributed by atoms with van der Waals surface area (Å²) in [6, 6.07) is 6.85. The van der Waals surface area contributed by atoms with Gasteiger partial charge in [0.05, 0.1) is 0 Å². The van der Waals surface area contributed by atoms with Crippen LogP contribution in [0.1, 0.15) is 25.3 Å². The fraction of sp³-hybridized carbons (Fsp3) is 0.400. The predicted octanol–water partition coefficient (Wildman–Crippen LogP) is 1.85. The van der Waals surface area contributed by atoms with Gasteiger partial charge < -0.3 is 4.52 Å². The van der Waals surface area contributed by atoms with Crippen LogP contribution in [0.4, 0.5) is 0 Å². The van der Waals surface area contributed by atoms with Crippen molar-refractivity contribution in [2.45, 2.75) is 26.2 Å². The summed E-state index contributed by atoms with van der Waals surface area (Å²) in [5, 5.41) is 0. The van der Waals surface area contributed by atoms with Crippen molar-refractivity contribution in [1.82, 2.24) is 0 Å². The summed E-state index contributed by atoms with van der Waals surface area (Å²) < 4.78 is 46.7. The summed E-state index contributed by atoms with van der Waals surface area (Å²) in [6.07, 6.45) is 3.04. The van der Waals surface area contributed by atoms with Crippen LogP contribution in [0.2, 0.25) is 0 Å². The Morgan fingerprint density at radius 2 is 1.80 bits per heavy atom. The van der Waals surface area contributed by atoms with Crippen molar-refractivity contribution in [1.29, 1.82) is 0 Å². The normalized spacial score (nSPS) is 11.4. The summed E-state index contributed by atoms with van der Waals surface area (Å²) in [4.78, 5) is 17.3. The minimum absolute atomic E-state index is 0.219. The van der Waals surface area contributed by atoms with E-state index in [1.165, 1.54) is 6.07 Å². The van der Waals surface area contributed by atoms with Gasteiger partial charge in [-0.15, -0.1) is 0 Å². The van der Waals surface area contributed by atoms with Gasteiger partial charge in [-0.2, -0.15) is 8.42 Å². The third kappa shape index (κ3) is 13.5. The second-order valence-electron chi connectivity index (χ2n) is 3.78. The van der Waals surface area contributed by atoms with E-state index in [4.69, 9.17) is 27.3 Å². The van der Waals surface area contributed by atoms with E-state index in [9.17, 15) is 4.57 Å². The smallest absolute Gasteiger partial charge is 0.404 e. The summed E-state index contributed by atoms with van der Waals surface area (Å²) in [5.41, 5.74) is 1.03. The molecule has 1 aromatic carbocycles. The Morgan fingerprint density at radius 1 is 1.25 bits per heavy atom. The van der Waals surface area contributed by atoms with Gasteiger partial charge in [-0.25, -0.2) is 4.57 Å². The van der Waals surface area contributed by atoms with E-state index in [1.54, 1.807) is 12.1 Å². The highest BCUT2D eigenvalue weighted by Gasteiger charge is 2.15. The van der Waals surface area contributed by atoms with E-state index >= 15 is 0 Å². The second-order valence-corrected chi connectivity index (χ2v) is 5.84. The molecule has 8 nitrogen and oxygen atoms in total. The fourth-order valence-corrected chi connectivity index (χ4v) is 1.66. The Hall–Kier alpha value is -0.960. The molecule has 0 aliphatic heterocycles. The lowest BCUT2D eigenvalue weighted by molar-refractivity contribution is 0.283. The van der Waals surface area contributed by atoms with E-state index in [2.05, 4.69) is 11.4 Å². The zero-order valence-electron chi connectivity index (χ0n) is 10.7. The van der Waals surface area contributed by atoms with Crippen LogP contribution in [0.5, 0.6) is 5.75 Å². The SMILES string of the molecule is CCCCc1cccc(OP(=O)(O)O)c1.O=S(=O)(O)O. The topological polar surface area (TPSA) is 141 Å². The molecule has 4 N–H and O–H groups in total. The standard InChI is InChI=1S/C10H15O4P.H2O4S/c1-2-3-5-9-6-4-7-10(8-9)14-15(11,12)13;1-5(2,3)4/h4,6-8H,2-3,5H2,1H3,(H2,11,12,13);(H2,1,2,3,4). The second kappa shape index (κ2) is 8.35. The van der Waals surface area contributed by atoms with Gasteiger partial charge in [0.25, 0.3) is 0 Å². The summed E-state index contributed by atoms with van der Waals surface area (Å²) >= 11 is 0. The third-order valence-electron chi connectivity index (χ3n) is 1.94. The average molecular weight is 328 g/mol. The lowest BCUT2D eigenvalue weighted by atomic mass is 10.1. The lowest BCUT2D eigenvalue weighted by Gasteiger charge is -2.07. The van der Waals surface area contributed by atoms with Crippen LogP contribution in [-0.2, 0) is 21.4 Å². The van der Waals surface area contributed by atoms with Gasteiger partial charge in [0, 0.05) is 0 Å². The maximum absolute atomic E-state index is 10.6. The molecule has 0 aliphatic carbocycles. The molecule has 0 heterocycles. The monoisotopic (exact) mass is 328 g/mol. The number of hydrogen-bond donors (Lipinski definition) is 4. The molecule has 0 bridgehead atoms. The Morgan fingerprint density at radius 3 is 2.25 bits per heavy atom. The molecular weight excluding hydrogens is 311 g/mol. The molecule has 0 amide bonds. The van der Waals surface area contributed by atoms with Crippen molar-refractivity contribution in [2.75, 3.05) is 0 Å². The first-order valence-electron chi connectivity index (χ1n) is 5.55. The molecule has 1 aromatic rings. The average Bonchev–Trinajstić information content (AvgIpc) is 2.22. The first kappa shape index (κ1) is 19.0. The van der Waals surface area contributed by atoms with Crippen LogP contribution in [0.25, 0.3) is 0 Å². The highest BCUT2D eigenvalue weighted by Crippen LogP contribution is 2.37. The summed E-state index contributed by atoms with van der Waals surface area (Å²) in [6.45, 7) is 2.09. The molecule has 0 aliphatic rings. The number of phosphoric acid groups is 1. The number of unbranched alkanes of at least 4 members (excludes halogenated alkanes) is 1. The number of aryl methyl sites for hydroxylation is 1. The Balaban J connectivity index is 0.000000621. The summed E-state index contributed by atoms with van der Waals surface area (Å²) in [5.74, 6) is 0.219. The summed E-state index contributed by atoms with van der Waals surface area (Å²) in [7, 11) is -9.10. The van der Waals surface area contributed by atoms with E-state index < -0.39 is 18.2 Å². The van der Waals surface area contributed by atoms with E-state index in [0.29, 0.717) is 0 Å². The van der Waals surface area contributed by atoms with E-state index in [-0.39, 0.29) is 5.75 Å². The molecule has 0 aromatic heterocycles. The van der Waals surface area contributed by atoms with Crippen molar-refractivity contribution >= 4 is 18.2 Å². The van der Waals surface area contributed by atoms with E-state index in [1.807, 2.05) is 6.07 Å². The molecule has 0 fully saturated rings. The van der Waals surface area contributed by atoms with Crippen LogP contribution in [0.3, 0.4) is 0 Å². The lowest BCUT2D eigenvalue weighted by Crippen LogP contribution is -1.91.